The van der Waals surface area contributed by atoms with E-state index >= 15 is 0 Å². The fraction of sp³-hybridized carbons (Fsp3) is 0.143. The van der Waals surface area contributed by atoms with E-state index in [2.05, 4.69) is 187 Å². The van der Waals surface area contributed by atoms with E-state index in [1.54, 1.807) is 0 Å². The Kier molecular flexibility index (Phi) is 12.5. The van der Waals surface area contributed by atoms with Gasteiger partial charge in [0.15, 0.2) is 0 Å². The van der Waals surface area contributed by atoms with Crippen molar-refractivity contribution in [2.45, 2.75) is 41.5 Å². The number of rotatable bonds is 6. The van der Waals surface area contributed by atoms with Crippen molar-refractivity contribution in [2.24, 2.45) is 0 Å². The van der Waals surface area contributed by atoms with E-state index in [0.29, 0.717) is 0 Å². The second-order valence-electron chi connectivity index (χ2n) is 11.7. The van der Waals surface area contributed by atoms with E-state index < -0.39 is 15.8 Å². The molecule has 0 N–H and O–H groups in total. The Bertz CT molecular complexity index is 1510. The molecule has 0 saturated heterocycles. The molecule has 0 aliphatic rings. The predicted octanol–water partition coefficient (Wildman–Crippen LogP) is 8.74. The van der Waals surface area contributed by atoms with Crippen LogP contribution in [0.3, 0.4) is 0 Å². The van der Waals surface area contributed by atoms with Crippen molar-refractivity contribution in [2.75, 3.05) is 0 Å². The molecule has 0 saturated carbocycles. The first-order valence-corrected chi connectivity index (χ1v) is 18.0. The van der Waals surface area contributed by atoms with Gasteiger partial charge in [0.2, 0.25) is 0 Å². The Balaban J connectivity index is 0.000000200. The molecule has 0 spiro atoms. The number of benzene rings is 6. The minimum absolute atomic E-state index is 0. The quantitative estimate of drug-likeness (QED) is 0.156. The van der Waals surface area contributed by atoms with Gasteiger partial charge in [0.25, 0.3) is 0 Å². The van der Waals surface area contributed by atoms with E-state index in [9.17, 15) is 0 Å². The summed E-state index contributed by atoms with van der Waals surface area (Å²) < 4.78 is 0. The SMILES string of the molecule is Cc1cccc(P(c2cccc(C)c2)c2cccc(C)c2)c1.Cc1cccc(P(c2cccc(C)c2)c2cccc(C)c2)c1.[Co]. The van der Waals surface area contributed by atoms with Crippen molar-refractivity contribution in [1.82, 2.24) is 0 Å². The van der Waals surface area contributed by atoms with Crippen molar-refractivity contribution >= 4 is 47.7 Å². The molecule has 0 aliphatic carbocycles. The van der Waals surface area contributed by atoms with Crippen molar-refractivity contribution in [1.29, 1.82) is 0 Å². The van der Waals surface area contributed by atoms with Gasteiger partial charge in [-0.05, 0) is 89.2 Å². The summed E-state index contributed by atoms with van der Waals surface area (Å²) in [6, 6.07) is 53.6. The van der Waals surface area contributed by atoms with Gasteiger partial charge in [0.05, 0.1) is 0 Å². The molecular weight excluding hydrogens is 625 g/mol. The standard InChI is InChI=1S/2C21H21P.Co/c2*1-16-7-4-10-19(13-16)22(20-11-5-8-17(2)14-20)21-12-6-9-18(3)15-21;/h2*4-15H,1-3H3;. The van der Waals surface area contributed by atoms with Gasteiger partial charge in [-0.15, -0.1) is 0 Å². The van der Waals surface area contributed by atoms with Crippen molar-refractivity contribution < 1.29 is 16.8 Å². The van der Waals surface area contributed by atoms with Crippen LogP contribution in [0.15, 0.2) is 146 Å². The molecule has 0 aliphatic heterocycles. The topological polar surface area (TPSA) is 0 Å². The summed E-state index contributed by atoms with van der Waals surface area (Å²) in [6.07, 6.45) is 0. The molecule has 0 aromatic heterocycles. The van der Waals surface area contributed by atoms with Crippen molar-refractivity contribution in [3.05, 3.63) is 179 Å². The fourth-order valence-corrected chi connectivity index (χ4v) is 10.7. The van der Waals surface area contributed by atoms with Gasteiger partial charge >= 0.3 is 0 Å². The molecule has 6 aromatic rings. The molecule has 229 valence electrons. The third-order valence-electron chi connectivity index (χ3n) is 7.56. The molecule has 0 atom stereocenters. The van der Waals surface area contributed by atoms with Crippen molar-refractivity contribution in [3.8, 4) is 0 Å². The van der Waals surface area contributed by atoms with Gasteiger partial charge in [-0.25, -0.2) is 0 Å². The first kappa shape index (κ1) is 34.6. The summed E-state index contributed by atoms with van der Waals surface area (Å²) in [7, 11) is -0.989. The molecule has 0 fully saturated rings. The predicted molar refractivity (Wildman–Crippen MR) is 199 cm³/mol. The van der Waals surface area contributed by atoms with Gasteiger partial charge < -0.3 is 0 Å². The minimum Gasteiger partial charge on any atom is -0.0613 e. The summed E-state index contributed by atoms with van der Waals surface area (Å²) in [6.45, 7) is 13.0. The van der Waals surface area contributed by atoms with Gasteiger partial charge in [0.1, 0.15) is 0 Å². The van der Waals surface area contributed by atoms with Crippen LogP contribution in [0.2, 0.25) is 0 Å². The molecule has 0 heterocycles. The number of hydrogen-bond acceptors (Lipinski definition) is 0. The van der Waals surface area contributed by atoms with Crippen LogP contribution in [0, 0.1) is 41.5 Å². The molecule has 0 nitrogen and oxygen atoms in total. The van der Waals surface area contributed by atoms with Crippen molar-refractivity contribution in [3.63, 3.8) is 0 Å². The summed E-state index contributed by atoms with van der Waals surface area (Å²) in [4.78, 5) is 0. The average Bonchev–Trinajstić information content (AvgIpc) is 2.98. The zero-order chi connectivity index (χ0) is 31.1. The monoisotopic (exact) mass is 667 g/mol. The molecule has 0 bridgehead atoms. The largest absolute Gasteiger partial charge is 0.0613 e. The number of aryl methyl sites for hydroxylation is 6. The minimum atomic E-state index is -0.495. The zero-order valence-corrected chi connectivity index (χ0v) is 29.9. The summed E-state index contributed by atoms with van der Waals surface area (Å²) in [5.74, 6) is 0. The average molecular weight is 668 g/mol. The van der Waals surface area contributed by atoms with E-state index in [1.165, 1.54) is 65.2 Å². The van der Waals surface area contributed by atoms with Gasteiger partial charge in [-0.1, -0.05) is 179 Å². The van der Waals surface area contributed by atoms with Crippen LogP contribution in [0.25, 0.3) is 0 Å². The molecule has 0 unspecified atom stereocenters. The van der Waals surface area contributed by atoms with Crippen LogP contribution in [-0.2, 0) is 16.8 Å². The molecule has 6 rings (SSSR count). The molecule has 0 amide bonds. The summed E-state index contributed by atoms with van der Waals surface area (Å²) in [5, 5.41) is 8.53. The fourth-order valence-electron chi connectivity index (χ4n) is 5.50. The van der Waals surface area contributed by atoms with Crippen LogP contribution in [-0.4, -0.2) is 0 Å². The summed E-state index contributed by atoms with van der Waals surface area (Å²) in [5.41, 5.74) is 7.95. The van der Waals surface area contributed by atoms with Crippen LogP contribution in [0.5, 0.6) is 0 Å². The van der Waals surface area contributed by atoms with Crippen LogP contribution < -0.4 is 31.8 Å². The molecular formula is C42H42CoP2. The van der Waals surface area contributed by atoms with Gasteiger partial charge in [-0.3, -0.25) is 0 Å². The Morgan fingerprint density at radius 2 is 0.422 bits per heavy atom. The van der Waals surface area contributed by atoms with Crippen LogP contribution in [0.4, 0.5) is 0 Å². The zero-order valence-electron chi connectivity index (χ0n) is 27.1. The van der Waals surface area contributed by atoms with E-state index in [0.717, 1.165) is 0 Å². The Hall–Kier alpha value is -3.31. The first-order valence-electron chi connectivity index (χ1n) is 15.3. The Morgan fingerprint density at radius 1 is 0.267 bits per heavy atom. The third-order valence-corrected chi connectivity index (χ3v) is 12.3. The maximum absolute atomic E-state index is 2.33. The molecule has 1 radical (unpaired) electrons. The van der Waals surface area contributed by atoms with Gasteiger partial charge in [0, 0.05) is 16.8 Å². The normalized spacial score (nSPS) is 10.7. The molecule has 6 aromatic carbocycles. The summed E-state index contributed by atoms with van der Waals surface area (Å²) >= 11 is 0. The van der Waals surface area contributed by atoms with Gasteiger partial charge in [-0.2, -0.15) is 0 Å². The number of hydrogen-bond donors (Lipinski definition) is 0. The van der Waals surface area contributed by atoms with Crippen LogP contribution >= 0.6 is 15.8 Å². The van der Waals surface area contributed by atoms with E-state index in [4.69, 9.17) is 0 Å². The molecule has 3 heteroatoms. The van der Waals surface area contributed by atoms with E-state index in [-0.39, 0.29) is 16.8 Å². The second-order valence-corrected chi connectivity index (χ2v) is 16.1. The Morgan fingerprint density at radius 3 is 0.556 bits per heavy atom. The van der Waals surface area contributed by atoms with Crippen LogP contribution in [0.1, 0.15) is 33.4 Å². The van der Waals surface area contributed by atoms with E-state index in [1.807, 2.05) is 0 Å². The Labute approximate surface area is 283 Å². The molecule has 45 heavy (non-hydrogen) atoms. The third kappa shape index (κ3) is 9.35. The second kappa shape index (κ2) is 16.3. The maximum Gasteiger partial charge on any atom is 0 e. The smallest absolute Gasteiger partial charge is 0 e. The first-order chi connectivity index (χ1) is 21.3. The maximum atomic E-state index is 2.33.